The quantitative estimate of drug-likeness (QED) is 0.750. The summed E-state index contributed by atoms with van der Waals surface area (Å²) in [6.07, 6.45) is 0.353. The van der Waals surface area contributed by atoms with Crippen LogP contribution >= 0.6 is 11.8 Å². The Kier molecular flexibility index (Phi) is 7.12. The number of hydrogen-bond donors (Lipinski definition) is 2. The highest BCUT2D eigenvalue weighted by Gasteiger charge is 2.33. The van der Waals surface area contributed by atoms with Crippen LogP contribution in [-0.2, 0) is 15.0 Å². The van der Waals surface area contributed by atoms with Gasteiger partial charge in [-0.05, 0) is 16.5 Å². The minimum atomic E-state index is 0.00976. The van der Waals surface area contributed by atoms with E-state index in [1.54, 1.807) is 11.8 Å². The average molecular weight is 379 g/mol. The molecule has 1 fully saturated rings. The number of thioether (sulfide) groups is 1. The summed E-state index contributed by atoms with van der Waals surface area (Å²) in [6, 6.07) is 8.52. The smallest absolute Gasteiger partial charge is 0.233 e. The van der Waals surface area contributed by atoms with Crippen molar-refractivity contribution in [2.24, 2.45) is 0 Å². The van der Waals surface area contributed by atoms with Crippen LogP contribution in [0.2, 0.25) is 0 Å². The summed E-state index contributed by atoms with van der Waals surface area (Å²) in [6.45, 7) is 8.61. The fourth-order valence-corrected chi connectivity index (χ4v) is 4.10. The van der Waals surface area contributed by atoms with Gasteiger partial charge in [0.15, 0.2) is 0 Å². The van der Waals surface area contributed by atoms with Crippen LogP contribution < -0.4 is 10.2 Å². The molecule has 26 heavy (non-hydrogen) atoms. The number of likely N-dealkylation sites (N-methyl/N-ethyl adjacent to an activating group) is 1. The van der Waals surface area contributed by atoms with Crippen molar-refractivity contribution < 1.29 is 14.5 Å². The molecule has 1 atom stereocenters. The Labute approximate surface area is 161 Å². The molecule has 144 valence electrons. The van der Waals surface area contributed by atoms with Crippen LogP contribution in [-0.4, -0.2) is 56.2 Å². The molecule has 2 N–H and O–H groups in total. The van der Waals surface area contributed by atoms with Crippen molar-refractivity contribution in [3.63, 3.8) is 0 Å². The number of benzene rings is 1. The van der Waals surface area contributed by atoms with Gasteiger partial charge < -0.3 is 15.1 Å². The minimum absolute atomic E-state index is 0.00976. The lowest BCUT2D eigenvalue weighted by Crippen LogP contribution is -3.06. The number of nitrogens with one attached hydrogen (secondary N) is 2. The average Bonchev–Trinajstić information content (AvgIpc) is 2.92. The molecule has 1 aromatic carbocycles. The van der Waals surface area contributed by atoms with E-state index in [9.17, 15) is 9.59 Å². The number of carbonyl (C=O) groups excluding carboxylic acids is 2. The highest BCUT2D eigenvalue weighted by Crippen LogP contribution is 2.39. The van der Waals surface area contributed by atoms with Gasteiger partial charge in [0.05, 0.1) is 32.9 Å². The first-order valence-electron chi connectivity index (χ1n) is 9.25. The lowest BCUT2D eigenvalue weighted by molar-refractivity contribution is -0.856. The highest BCUT2D eigenvalue weighted by molar-refractivity contribution is 8.00. The van der Waals surface area contributed by atoms with E-state index in [2.05, 4.69) is 64.4 Å². The molecule has 0 spiro atoms. The van der Waals surface area contributed by atoms with Crippen molar-refractivity contribution in [3.8, 4) is 0 Å². The Morgan fingerprint density at radius 2 is 1.92 bits per heavy atom. The first-order valence-corrected chi connectivity index (χ1v) is 10.3. The lowest BCUT2D eigenvalue weighted by atomic mass is 9.86. The normalized spacial score (nSPS) is 17.8. The van der Waals surface area contributed by atoms with Gasteiger partial charge >= 0.3 is 0 Å². The van der Waals surface area contributed by atoms with Crippen molar-refractivity contribution in [2.75, 3.05) is 39.5 Å². The Hall–Kier alpha value is -1.53. The zero-order valence-corrected chi connectivity index (χ0v) is 17.4. The maximum Gasteiger partial charge on any atom is 0.233 e. The van der Waals surface area contributed by atoms with E-state index in [1.165, 1.54) is 10.5 Å². The monoisotopic (exact) mass is 378 g/mol. The molecule has 6 heteroatoms. The second-order valence-electron chi connectivity index (χ2n) is 8.18. The first-order chi connectivity index (χ1) is 12.2. The number of carbonyl (C=O) groups is 2. The summed E-state index contributed by atoms with van der Waals surface area (Å²) < 4.78 is 0. The number of amides is 2. The van der Waals surface area contributed by atoms with E-state index in [4.69, 9.17) is 0 Å². The van der Waals surface area contributed by atoms with E-state index >= 15 is 0 Å². The number of quaternary nitrogens is 1. The molecule has 0 aliphatic carbocycles. The fraction of sp³-hybridized carbons (Fsp3) is 0.600. The van der Waals surface area contributed by atoms with Crippen molar-refractivity contribution in [1.29, 1.82) is 0 Å². The fourth-order valence-electron chi connectivity index (χ4n) is 2.88. The summed E-state index contributed by atoms with van der Waals surface area (Å²) in [5.41, 5.74) is 2.53. The van der Waals surface area contributed by atoms with Gasteiger partial charge in [-0.3, -0.25) is 9.59 Å². The molecular formula is C20H32N3O2S+. The van der Waals surface area contributed by atoms with Crippen LogP contribution in [0.5, 0.6) is 0 Å². The molecule has 5 nitrogen and oxygen atoms in total. The van der Waals surface area contributed by atoms with Gasteiger partial charge in [0.25, 0.3) is 0 Å². The summed E-state index contributed by atoms with van der Waals surface area (Å²) >= 11 is 1.64. The molecule has 1 saturated heterocycles. The standard InChI is InChI=1S/C20H31N3O2S/c1-20(2,3)16-8-6-15(7-9-16)19-23(18(25)14-26-19)12-10-17(24)21-11-13-22(4)5/h6-9,19H,10-14H2,1-5H3,(H,21,24)/p+1/t19-/m0/s1. The van der Waals surface area contributed by atoms with E-state index in [0.717, 1.165) is 12.1 Å². The van der Waals surface area contributed by atoms with Crippen molar-refractivity contribution in [1.82, 2.24) is 10.2 Å². The topological polar surface area (TPSA) is 53.9 Å². The lowest BCUT2D eigenvalue weighted by Gasteiger charge is -2.25. The van der Waals surface area contributed by atoms with Gasteiger partial charge in [0.1, 0.15) is 5.37 Å². The van der Waals surface area contributed by atoms with Crippen LogP contribution in [0.1, 0.15) is 43.7 Å². The van der Waals surface area contributed by atoms with Crippen LogP contribution in [0.15, 0.2) is 24.3 Å². The second-order valence-corrected chi connectivity index (χ2v) is 9.25. The molecule has 0 aromatic heterocycles. The van der Waals surface area contributed by atoms with Gasteiger partial charge in [-0.15, -0.1) is 11.8 Å². The predicted molar refractivity (Wildman–Crippen MR) is 107 cm³/mol. The number of rotatable bonds is 7. The second kappa shape index (κ2) is 8.91. The third kappa shape index (κ3) is 5.74. The Bertz CT molecular complexity index is 623. The van der Waals surface area contributed by atoms with Crippen LogP contribution in [0.3, 0.4) is 0 Å². The molecule has 2 rings (SSSR count). The predicted octanol–water partition coefficient (Wildman–Crippen LogP) is 1.21. The van der Waals surface area contributed by atoms with E-state index in [0.29, 0.717) is 25.3 Å². The highest BCUT2D eigenvalue weighted by atomic mass is 32.2. The minimum Gasteiger partial charge on any atom is -0.350 e. The molecule has 0 unspecified atom stereocenters. The third-order valence-electron chi connectivity index (χ3n) is 4.56. The molecule has 0 saturated carbocycles. The van der Waals surface area contributed by atoms with Gasteiger partial charge in [0, 0.05) is 13.0 Å². The van der Waals surface area contributed by atoms with Crippen LogP contribution in [0, 0.1) is 0 Å². The molecule has 1 heterocycles. The van der Waals surface area contributed by atoms with Crippen LogP contribution in [0.4, 0.5) is 0 Å². The zero-order chi connectivity index (χ0) is 19.3. The van der Waals surface area contributed by atoms with Crippen molar-refractivity contribution in [3.05, 3.63) is 35.4 Å². The Balaban J connectivity index is 1.94. The molecule has 1 aliphatic heterocycles. The molecule has 0 radical (unpaired) electrons. The summed E-state index contributed by atoms with van der Waals surface area (Å²) in [5.74, 6) is 0.611. The summed E-state index contributed by atoms with van der Waals surface area (Å²) in [4.78, 5) is 27.4. The van der Waals surface area contributed by atoms with Gasteiger partial charge in [-0.25, -0.2) is 0 Å². The largest absolute Gasteiger partial charge is 0.350 e. The van der Waals surface area contributed by atoms with Crippen LogP contribution in [0.25, 0.3) is 0 Å². The van der Waals surface area contributed by atoms with Gasteiger partial charge in [0.2, 0.25) is 11.8 Å². The van der Waals surface area contributed by atoms with Gasteiger partial charge in [-0.2, -0.15) is 0 Å². The SMILES string of the molecule is C[NH+](C)CCNC(=O)CCN1C(=O)CS[C@H]1c1ccc(C(C)(C)C)cc1. The van der Waals surface area contributed by atoms with Gasteiger partial charge in [-0.1, -0.05) is 45.0 Å². The number of nitrogens with zero attached hydrogens (tertiary/aromatic N) is 1. The molecular weight excluding hydrogens is 346 g/mol. The molecule has 1 aliphatic rings. The molecule has 0 bridgehead atoms. The maximum atomic E-state index is 12.3. The molecule has 2 amide bonds. The summed E-state index contributed by atoms with van der Waals surface area (Å²) in [7, 11) is 4.11. The van der Waals surface area contributed by atoms with Crippen molar-refractivity contribution in [2.45, 2.75) is 38.0 Å². The Morgan fingerprint density at radius 3 is 2.50 bits per heavy atom. The third-order valence-corrected chi connectivity index (χ3v) is 5.81. The summed E-state index contributed by atoms with van der Waals surface area (Å²) in [5, 5.41) is 2.94. The maximum absolute atomic E-state index is 12.3. The number of hydrogen-bond acceptors (Lipinski definition) is 3. The van der Waals surface area contributed by atoms with E-state index in [-0.39, 0.29) is 22.6 Å². The van der Waals surface area contributed by atoms with E-state index < -0.39 is 0 Å². The zero-order valence-electron chi connectivity index (χ0n) is 16.6. The molecule has 1 aromatic rings. The first kappa shape index (κ1) is 20.8. The van der Waals surface area contributed by atoms with Crippen molar-refractivity contribution >= 4 is 23.6 Å². The van der Waals surface area contributed by atoms with E-state index in [1.807, 2.05) is 4.90 Å². The Morgan fingerprint density at radius 1 is 1.27 bits per heavy atom.